The summed E-state index contributed by atoms with van der Waals surface area (Å²) in [7, 11) is -4.33. The first-order valence-electron chi connectivity index (χ1n) is 7.83. The average molecular weight is 383 g/mol. The van der Waals surface area contributed by atoms with Gasteiger partial charge in [-0.3, -0.25) is 9.05 Å². The quantitative estimate of drug-likeness (QED) is 0.690. The number of ether oxygens (including phenoxy) is 1. The largest absolute Gasteiger partial charge is 0.472 e. The molecule has 0 radical (unpaired) electrons. The number of phosphoric ester groups is 1. The van der Waals surface area contributed by atoms with Gasteiger partial charge < -0.3 is 15.4 Å². The molecule has 2 aromatic rings. The van der Waals surface area contributed by atoms with E-state index in [0.717, 1.165) is 0 Å². The Morgan fingerprint density at radius 3 is 3.12 bits per heavy atom. The number of nitriles is 1. The fourth-order valence-electron chi connectivity index (χ4n) is 3.32. The number of halogens is 1. The molecule has 4 heterocycles. The summed E-state index contributed by atoms with van der Waals surface area (Å²) in [5, 5.41) is 14.0. The third kappa shape index (κ3) is 2.67. The minimum atomic E-state index is -4.33. The van der Waals surface area contributed by atoms with E-state index in [9.17, 15) is 19.1 Å². The van der Waals surface area contributed by atoms with E-state index in [1.165, 1.54) is 10.8 Å². The highest BCUT2D eigenvalue weighted by Crippen LogP contribution is 2.52. The fraction of sp³-hybridized carbons (Fsp3) is 0.500. The van der Waals surface area contributed by atoms with Crippen molar-refractivity contribution in [3.63, 3.8) is 0 Å². The van der Waals surface area contributed by atoms with Crippen molar-refractivity contribution in [1.82, 2.24) is 14.6 Å². The summed E-state index contributed by atoms with van der Waals surface area (Å²) in [4.78, 5) is 13.3. The molecular formula is C14H15FN5O5P. The number of anilines is 1. The normalized spacial score (nSPS) is 37.7. The Hall–Kier alpha value is -2.09. The predicted molar refractivity (Wildman–Crippen MR) is 84.3 cm³/mol. The molecule has 4 rings (SSSR count). The number of alkyl halides is 1. The van der Waals surface area contributed by atoms with Gasteiger partial charge in [-0.15, -0.1) is 0 Å². The number of rotatable bonds is 1. The molecule has 5 atom stereocenters. The molecule has 2 aliphatic heterocycles. The number of hydrogen-bond donors (Lipinski definition) is 2. The fourth-order valence-corrected chi connectivity index (χ4v) is 4.30. The number of aromatic nitrogens is 3. The van der Waals surface area contributed by atoms with Crippen LogP contribution in [-0.2, 0) is 24.0 Å². The van der Waals surface area contributed by atoms with Crippen LogP contribution >= 0.6 is 7.82 Å². The van der Waals surface area contributed by atoms with Crippen molar-refractivity contribution >= 4 is 19.2 Å². The Bertz CT molecular complexity index is 947. The Morgan fingerprint density at radius 1 is 1.54 bits per heavy atom. The van der Waals surface area contributed by atoms with Gasteiger partial charge in [0.05, 0.1) is 12.3 Å². The van der Waals surface area contributed by atoms with Gasteiger partial charge in [-0.05, 0) is 25.0 Å². The lowest BCUT2D eigenvalue weighted by atomic mass is 9.94. The second-order valence-electron chi connectivity index (χ2n) is 6.15. The SMILES string of the molecule is N#C[C@]1(c2ccc3c(N)ncnn23)CCC(F)[C@@H]2OP(=O)(O)OC[C@H]2O1. The number of nitrogens with two attached hydrogens (primary N) is 1. The molecule has 2 aromatic heterocycles. The number of fused-ring (bicyclic) bond motifs is 2. The average Bonchev–Trinajstić information content (AvgIpc) is 3.00. The van der Waals surface area contributed by atoms with Crippen LogP contribution in [0.5, 0.6) is 0 Å². The van der Waals surface area contributed by atoms with Gasteiger partial charge in [-0.1, -0.05) is 0 Å². The van der Waals surface area contributed by atoms with E-state index < -0.39 is 31.8 Å². The lowest BCUT2D eigenvalue weighted by Gasteiger charge is -2.35. The van der Waals surface area contributed by atoms with Crippen molar-refractivity contribution in [2.24, 2.45) is 0 Å². The van der Waals surface area contributed by atoms with Gasteiger partial charge >= 0.3 is 7.82 Å². The van der Waals surface area contributed by atoms with Gasteiger partial charge in [0.1, 0.15) is 36.3 Å². The maximum atomic E-state index is 14.6. The molecule has 0 aromatic carbocycles. The lowest BCUT2D eigenvalue weighted by Crippen LogP contribution is -2.45. The molecule has 0 saturated carbocycles. The molecule has 3 N–H and O–H groups in total. The molecule has 0 bridgehead atoms. The lowest BCUT2D eigenvalue weighted by molar-refractivity contribution is -0.146. The summed E-state index contributed by atoms with van der Waals surface area (Å²) in [6.07, 6.45) is -2.81. The van der Waals surface area contributed by atoms with Crippen molar-refractivity contribution in [2.45, 2.75) is 36.8 Å². The first-order chi connectivity index (χ1) is 12.4. The van der Waals surface area contributed by atoms with Crippen LogP contribution in [0.25, 0.3) is 5.52 Å². The summed E-state index contributed by atoms with van der Waals surface area (Å²) in [5.74, 6) is 0.222. The van der Waals surface area contributed by atoms with Gasteiger partial charge in [0.25, 0.3) is 0 Å². The highest BCUT2D eigenvalue weighted by atomic mass is 31.2. The molecule has 0 spiro atoms. The zero-order chi connectivity index (χ0) is 18.5. The summed E-state index contributed by atoms with van der Waals surface area (Å²) in [6.45, 7) is -0.372. The van der Waals surface area contributed by atoms with Crippen molar-refractivity contribution in [2.75, 3.05) is 12.3 Å². The molecule has 0 amide bonds. The van der Waals surface area contributed by atoms with Gasteiger partial charge in [0, 0.05) is 0 Å². The van der Waals surface area contributed by atoms with Crippen molar-refractivity contribution in [3.05, 3.63) is 24.2 Å². The Morgan fingerprint density at radius 2 is 2.35 bits per heavy atom. The van der Waals surface area contributed by atoms with Crippen LogP contribution in [0.1, 0.15) is 18.5 Å². The Labute approximate surface area is 146 Å². The highest BCUT2D eigenvalue weighted by molar-refractivity contribution is 7.47. The van der Waals surface area contributed by atoms with Crippen molar-refractivity contribution in [3.8, 4) is 6.07 Å². The van der Waals surface area contributed by atoms with Crippen molar-refractivity contribution in [1.29, 1.82) is 5.26 Å². The number of nitrogens with zero attached hydrogens (tertiary/aromatic N) is 4. The minimum absolute atomic E-state index is 0.00716. The third-order valence-electron chi connectivity index (χ3n) is 4.58. The molecular weight excluding hydrogens is 368 g/mol. The monoisotopic (exact) mass is 383 g/mol. The first kappa shape index (κ1) is 17.3. The van der Waals surface area contributed by atoms with Crippen LogP contribution in [0.15, 0.2) is 18.5 Å². The molecule has 12 heteroatoms. The zero-order valence-electron chi connectivity index (χ0n) is 13.4. The van der Waals surface area contributed by atoms with Crippen LogP contribution in [0, 0.1) is 11.3 Å². The summed E-state index contributed by atoms with van der Waals surface area (Å²) in [5.41, 5.74) is 5.10. The Balaban J connectivity index is 1.78. The maximum Gasteiger partial charge on any atom is 0.472 e. The Kier molecular flexibility index (Phi) is 3.98. The van der Waals surface area contributed by atoms with Gasteiger partial charge in [-0.25, -0.2) is 18.5 Å². The molecule has 2 saturated heterocycles. The molecule has 2 unspecified atom stereocenters. The van der Waals surface area contributed by atoms with E-state index in [4.69, 9.17) is 19.5 Å². The van der Waals surface area contributed by atoms with E-state index >= 15 is 0 Å². The standard InChI is InChI=1S/C14H15FN5O5P/c15-8-3-4-14(6-16,24-10-5-23-26(21,22)25-12(8)10)11-2-1-9-13(17)18-7-19-20(9)11/h1-2,7-8,10,12H,3-5H2,(H,21,22)(H2,17,18,19)/t8?,10-,12+,14+/m1/s1. The number of phosphoric acid groups is 1. The van der Waals surface area contributed by atoms with E-state index in [1.54, 1.807) is 12.1 Å². The molecule has 2 fully saturated rings. The number of nitrogen functional groups attached to an aromatic ring is 1. The zero-order valence-corrected chi connectivity index (χ0v) is 14.3. The van der Waals surface area contributed by atoms with Crippen LogP contribution in [0.2, 0.25) is 0 Å². The molecule has 10 nitrogen and oxygen atoms in total. The smallest absolute Gasteiger partial charge is 0.382 e. The van der Waals surface area contributed by atoms with Crippen LogP contribution in [-0.4, -0.2) is 44.5 Å². The third-order valence-corrected chi connectivity index (χ3v) is 5.57. The summed E-state index contributed by atoms with van der Waals surface area (Å²) in [6, 6.07) is 5.34. The summed E-state index contributed by atoms with van der Waals surface area (Å²) < 4.78 is 43.1. The van der Waals surface area contributed by atoms with E-state index in [1.807, 2.05) is 0 Å². The van der Waals surface area contributed by atoms with Crippen LogP contribution in [0.4, 0.5) is 10.2 Å². The van der Waals surface area contributed by atoms with E-state index in [0.29, 0.717) is 11.2 Å². The van der Waals surface area contributed by atoms with Crippen LogP contribution < -0.4 is 5.73 Å². The molecule has 0 aliphatic carbocycles. The molecule has 138 valence electrons. The van der Waals surface area contributed by atoms with Crippen LogP contribution in [0.3, 0.4) is 0 Å². The highest BCUT2D eigenvalue weighted by Gasteiger charge is 2.51. The summed E-state index contributed by atoms with van der Waals surface area (Å²) >= 11 is 0. The second-order valence-corrected chi connectivity index (χ2v) is 7.55. The topological polar surface area (TPSA) is 145 Å². The maximum absolute atomic E-state index is 14.6. The first-order valence-corrected chi connectivity index (χ1v) is 9.32. The molecule has 2 aliphatic rings. The van der Waals surface area contributed by atoms with Crippen molar-refractivity contribution < 1.29 is 27.6 Å². The van der Waals surface area contributed by atoms with Gasteiger partial charge in [0.15, 0.2) is 11.4 Å². The van der Waals surface area contributed by atoms with E-state index in [-0.39, 0.29) is 25.3 Å². The minimum Gasteiger partial charge on any atom is -0.382 e. The van der Waals surface area contributed by atoms with Gasteiger partial charge in [0.2, 0.25) is 0 Å². The second kappa shape index (κ2) is 5.97. The number of hydrogen-bond acceptors (Lipinski definition) is 8. The predicted octanol–water partition coefficient (Wildman–Crippen LogP) is 1.06. The van der Waals surface area contributed by atoms with Gasteiger partial charge in [-0.2, -0.15) is 10.4 Å². The molecule has 26 heavy (non-hydrogen) atoms. The van der Waals surface area contributed by atoms with E-state index in [2.05, 4.69) is 16.2 Å².